The number of hydrogen-bond acceptors (Lipinski definition) is 3. The van der Waals surface area contributed by atoms with Gasteiger partial charge in [0.15, 0.2) is 0 Å². The van der Waals surface area contributed by atoms with Crippen molar-refractivity contribution in [3.63, 3.8) is 0 Å². The molecule has 1 aliphatic rings. The predicted molar refractivity (Wildman–Crippen MR) is 70.5 cm³/mol. The van der Waals surface area contributed by atoms with E-state index in [2.05, 4.69) is 5.32 Å². The summed E-state index contributed by atoms with van der Waals surface area (Å²) < 4.78 is 38.8. The van der Waals surface area contributed by atoms with Crippen LogP contribution in [0.1, 0.15) is 24.0 Å². The van der Waals surface area contributed by atoms with E-state index in [-0.39, 0.29) is 11.6 Å². The van der Waals surface area contributed by atoms with E-state index in [1.54, 1.807) is 19.2 Å². The molecule has 6 heteroatoms. The lowest BCUT2D eigenvalue weighted by atomic mass is 10.0. The summed E-state index contributed by atoms with van der Waals surface area (Å²) >= 11 is 0. The summed E-state index contributed by atoms with van der Waals surface area (Å²) in [5, 5.41) is 12.0. The molecule has 0 spiro atoms. The molecule has 1 aliphatic heterocycles. The normalized spacial score (nSPS) is 19.4. The number of nitrogens with one attached hydrogen (secondary N) is 1. The Labute approximate surface area is 116 Å². The number of nitriles is 1. The van der Waals surface area contributed by atoms with E-state index in [0.717, 1.165) is 32.0 Å². The Morgan fingerprint density at radius 2 is 2.15 bits per heavy atom. The van der Waals surface area contributed by atoms with Gasteiger partial charge in [0.2, 0.25) is 0 Å². The molecule has 0 radical (unpaired) electrons. The Morgan fingerprint density at radius 1 is 1.40 bits per heavy atom. The molecule has 1 aromatic rings. The number of piperidine rings is 1. The smallest absolute Gasteiger partial charge is 0.370 e. The van der Waals surface area contributed by atoms with Crippen LogP contribution in [0, 0.1) is 11.3 Å². The molecule has 0 amide bonds. The average molecular weight is 283 g/mol. The minimum atomic E-state index is -4.51. The minimum Gasteiger partial charge on any atom is -0.370 e. The second kappa shape index (κ2) is 5.71. The second-order valence-corrected chi connectivity index (χ2v) is 4.95. The van der Waals surface area contributed by atoms with Crippen LogP contribution in [0.3, 0.4) is 0 Å². The summed E-state index contributed by atoms with van der Waals surface area (Å²) in [5.74, 6) is 0. The first-order valence-corrected chi connectivity index (χ1v) is 6.48. The van der Waals surface area contributed by atoms with Crippen molar-refractivity contribution in [3.05, 3.63) is 29.3 Å². The number of likely N-dealkylation sites (N-methyl/N-ethyl adjacent to an activating group) is 1. The molecule has 1 N–H and O–H groups in total. The van der Waals surface area contributed by atoms with Gasteiger partial charge in [-0.15, -0.1) is 0 Å². The van der Waals surface area contributed by atoms with Crippen LogP contribution in [0.4, 0.5) is 18.9 Å². The zero-order valence-electron chi connectivity index (χ0n) is 11.2. The van der Waals surface area contributed by atoms with Gasteiger partial charge >= 0.3 is 6.18 Å². The lowest BCUT2D eigenvalue weighted by Crippen LogP contribution is -2.44. The van der Waals surface area contributed by atoms with Gasteiger partial charge in [-0.25, -0.2) is 0 Å². The lowest BCUT2D eigenvalue weighted by molar-refractivity contribution is -0.137. The van der Waals surface area contributed by atoms with Crippen LogP contribution in [0.25, 0.3) is 0 Å². The first kappa shape index (κ1) is 14.7. The molecule has 1 fully saturated rings. The Hall–Kier alpha value is -1.74. The van der Waals surface area contributed by atoms with Crippen LogP contribution in [0.15, 0.2) is 18.2 Å². The first-order chi connectivity index (χ1) is 9.43. The summed E-state index contributed by atoms with van der Waals surface area (Å²) in [6.45, 7) is 1.71. The number of hydrogen-bond donors (Lipinski definition) is 1. The van der Waals surface area contributed by atoms with Crippen LogP contribution in [-0.4, -0.2) is 26.2 Å². The van der Waals surface area contributed by atoms with E-state index >= 15 is 0 Å². The highest BCUT2D eigenvalue weighted by molar-refractivity contribution is 5.55. The van der Waals surface area contributed by atoms with Crippen molar-refractivity contribution in [2.24, 2.45) is 0 Å². The standard InChI is InChI=1S/C14H16F3N3/c1-20(12-3-2-6-19-9-12)11-5-4-10(8-18)13(7-11)14(15,16)17/h4-5,7,12,19H,2-3,6,9H2,1H3/t12-/m1/s1. The lowest BCUT2D eigenvalue weighted by Gasteiger charge is -2.33. The number of nitrogens with zero attached hydrogens (tertiary/aromatic N) is 2. The summed E-state index contributed by atoms with van der Waals surface area (Å²) in [6.07, 6.45) is -2.55. The number of anilines is 1. The van der Waals surface area contributed by atoms with Gasteiger partial charge in [0, 0.05) is 25.3 Å². The van der Waals surface area contributed by atoms with Gasteiger partial charge in [-0.05, 0) is 37.6 Å². The molecule has 1 saturated heterocycles. The summed E-state index contributed by atoms with van der Waals surface area (Å²) in [4.78, 5) is 1.85. The van der Waals surface area contributed by atoms with Crippen molar-refractivity contribution in [3.8, 4) is 6.07 Å². The zero-order chi connectivity index (χ0) is 14.8. The van der Waals surface area contributed by atoms with Crippen LogP contribution in [0.5, 0.6) is 0 Å². The summed E-state index contributed by atoms with van der Waals surface area (Å²) in [7, 11) is 1.79. The van der Waals surface area contributed by atoms with Crippen LogP contribution >= 0.6 is 0 Å². The molecule has 0 bridgehead atoms. The Kier molecular flexibility index (Phi) is 4.19. The zero-order valence-corrected chi connectivity index (χ0v) is 11.2. The second-order valence-electron chi connectivity index (χ2n) is 4.95. The summed E-state index contributed by atoms with van der Waals surface area (Å²) in [5.41, 5.74) is -0.713. The number of alkyl halides is 3. The van der Waals surface area contributed by atoms with E-state index < -0.39 is 11.7 Å². The van der Waals surface area contributed by atoms with Crippen molar-refractivity contribution in [1.82, 2.24) is 5.32 Å². The SMILES string of the molecule is CN(c1ccc(C#N)c(C(F)(F)F)c1)[C@@H]1CCCNC1. The van der Waals surface area contributed by atoms with Gasteiger partial charge in [-0.2, -0.15) is 18.4 Å². The number of benzene rings is 1. The van der Waals surface area contributed by atoms with Crippen molar-refractivity contribution < 1.29 is 13.2 Å². The van der Waals surface area contributed by atoms with E-state index in [9.17, 15) is 13.2 Å². The van der Waals surface area contributed by atoms with Crippen molar-refractivity contribution >= 4 is 5.69 Å². The van der Waals surface area contributed by atoms with E-state index in [4.69, 9.17) is 5.26 Å². The molecule has 2 rings (SSSR count). The molecule has 108 valence electrons. The molecule has 3 nitrogen and oxygen atoms in total. The fraction of sp³-hybridized carbons (Fsp3) is 0.500. The van der Waals surface area contributed by atoms with Crippen LogP contribution in [0.2, 0.25) is 0 Å². The Balaban J connectivity index is 2.31. The third-order valence-corrected chi connectivity index (χ3v) is 3.65. The van der Waals surface area contributed by atoms with E-state index in [1.165, 1.54) is 6.07 Å². The van der Waals surface area contributed by atoms with Crippen molar-refractivity contribution in [1.29, 1.82) is 5.26 Å². The molecule has 0 saturated carbocycles. The maximum atomic E-state index is 12.9. The summed E-state index contributed by atoms with van der Waals surface area (Å²) in [6, 6.07) is 5.65. The average Bonchev–Trinajstić information content (AvgIpc) is 2.46. The van der Waals surface area contributed by atoms with Gasteiger partial charge < -0.3 is 10.2 Å². The monoisotopic (exact) mass is 283 g/mol. The Morgan fingerprint density at radius 3 is 2.70 bits per heavy atom. The molecular weight excluding hydrogens is 267 g/mol. The van der Waals surface area contributed by atoms with Gasteiger partial charge in [0.1, 0.15) is 0 Å². The van der Waals surface area contributed by atoms with Crippen LogP contribution < -0.4 is 10.2 Å². The van der Waals surface area contributed by atoms with Crippen LogP contribution in [-0.2, 0) is 6.18 Å². The molecular formula is C14H16F3N3. The third-order valence-electron chi connectivity index (χ3n) is 3.65. The van der Waals surface area contributed by atoms with Crippen molar-refractivity contribution in [2.45, 2.75) is 25.1 Å². The molecule has 0 unspecified atom stereocenters. The van der Waals surface area contributed by atoms with E-state index in [1.807, 2.05) is 4.90 Å². The predicted octanol–water partition coefficient (Wildman–Crippen LogP) is 2.77. The number of halogens is 3. The fourth-order valence-electron chi connectivity index (χ4n) is 2.46. The fourth-order valence-corrected chi connectivity index (χ4v) is 2.46. The largest absolute Gasteiger partial charge is 0.417 e. The molecule has 1 aromatic carbocycles. The highest BCUT2D eigenvalue weighted by Gasteiger charge is 2.34. The first-order valence-electron chi connectivity index (χ1n) is 6.48. The Bertz CT molecular complexity index is 513. The molecule has 0 aromatic heterocycles. The maximum Gasteiger partial charge on any atom is 0.417 e. The number of rotatable bonds is 2. The van der Waals surface area contributed by atoms with Gasteiger partial charge in [0.25, 0.3) is 0 Å². The third kappa shape index (κ3) is 3.05. The van der Waals surface area contributed by atoms with Crippen molar-refractivity contribution in [2.75, 3.05) is 25.0 Å². The van der Waals surface area contributed by atoms with E-state index in [0.29, 0.717) is 5.69 Å². The highest BCUT2D eigenvalue weighted by Crippen LogP contribution is 2.34. The highest BCUT2D eigenvalue weighted by atomic mass is 19.4. The van der Waals surface area contributed by atoms with Gasteiger partial charge in [-0.3, -0.25) is 0 Å². The maximum absolute atomic E-state index is 12.9. The van der Waals surface area contributed by atoms with Gasteiger partial charge in [-0.1, -0.05) is 0 Å². The molecule has 1 heterocycles. The van der Waals surface area contributed by atoms with Gasteiger partial charge in [0.05, 0.1) is 17.2 Å². The molecule has 20 heavy (non-hydrogen) atoms. The topological polar surface area (TPSA) is 39.1 Å². The molecule has 0 aliphatic carbocycles. The minimum absolute atomic E-state index is 0.178. The molecule has 1 atom stereocenters. The quantitative estimate of drug-likeness (QED) is 0.907.